The Labute approximate surface area is 113 Å². The molecule has 0 aliphatic carbocycles. The monoisotopic (exact) mass is 263 g/mol. The zero-order valence-corrected chi connectivity index (χ0v) is 11.6. The van der Waals surface area contributed by atoms with Gasteiger partial charge >= 0.3 is 0 Å². The zero-order valence-electron chi connectivity index (χ0n) is 11.6. The van der Waals surface area contributed by atoms with Gasteiger partial charge in [0.05, 0.1) is 6.20 Å². The molecule has 19 heavy (non-hydrogen) atoms. The molecule has 2 saturated heterocycles. The fraction of sp³-hybridized carbons (Fsp3) is 0.714. The van der Waals surface area contributed by atoms with Gasteiger partial charge in [0.1, 0.15) is 11.3 Å². The average Bonchev–Trinajstić information content (AvgIpc) is 3.07. The highest BCUT2D eigenvalue weighted by Gasteiger charge is 2.41. The van der Waals surface area contributed by atoms with Crippen molar-refractivity contribution in [1.82, 2.24) is 15.0 Å². The molecule has 0 radical (unpaired) electrons. The number of aryl methyl sites for hydroxylation is 1. The number of carbonyl (C=O) groups excluding carboxylic acids is 1. The zero-order chi connectivity index (χ0) is 13.4. The van der Waals surface area contributed by atoms with Gasteiger partial charge in [-0.2, -0.15) is 0 Å². The van der Waals surface area contributed by atoms with Gasteiger partial charge in [-0.1, -0.05) is 12.1 Å². The average molecular weight is 263 g/mol. The SMILES string of the molecule is CCCc1oncc1C(=O)N1C[C@H]2CCN(C)[C@H]2C1. The van der Waals surface area contributed by atoms with Gasteiger partial charge in [-0.25, -0.2) is 0 Å². The van der Waals surface area contributed by atoms with E-state index >= 15 is 0 Å². The van der Waals surface area contributed by atoms with Crippen molar-refractivity contribution in [3.8, 4) is 0 Å². The van der Waals surface area contributed by atoms with Crippen molar-refractivity contribution < 1.29 is 9.32 Å². The molecule has 0 N–H and O–H groups in total. The molecule has 5 nitrogen and oxygen atoms in total. The molecule has 2 atom stereocenters. The lowest BCUT2D eigenvalue weighted by molar-refractivity contribution is 0.0772. The van der Waals surface area contributed by atoms with E-state index in [1.165, 1.54) is 6.42 Å². The predicted molar refractivity (Wildman–Crippen MR) is 70.9 cm³/mol. The first-order valence-corrected chi connectivity index (χ1v) is 7.13. The maximum atomic E-state index is 12.5. The van der Waals surface area contributed by atoms with Crippen LogP contribution in [0.3, 0.4) is 0 Å². The Morgan fingerprint density at radius 1 is 1.53 bits per heavy atom. The van der Waals surface area contributed by atoms with E-state index < -0.39 is 0 Å². The minimum Gasteiger partial charge on any atom is -0.361 e. The Morgan fingerprint density at radius 3 is 3.11 bits per heavy atom. The van der Waals surface area contributed by atoms with E-state index in [2.05, 4.69) is 24.0 Å². The molecule has 2 aliphatic heterocycles. The third-order valence-electron chi connectivity index (χ3n) is 4.47. The Kier molecular flexibility index (Phi) is 3.31. The molecule has 3 heterocycles. The first-order chi connectivity index (χ1) is 9.20. The van der Waals surface area contributed by atoms with Crippen LogP contribution >= 0.6 is 0 Å². The number of amides is 1. The lowest BCUT2D eigenvalue weighted by Crippen LogP contribution is -2.35. The quantitative estimate of drug-likeness (QED) is 0.827. The Balaban J connectivity index is 1.73. The number of likely N-dealkylation sites (tertiary alicyclic amines) is 2. The van der Waals surface area contributed by atoms with E-state index in [0.29, 0.717) is 17.5 Å². The van der Waals surface area contributed by atoms with Gasteiger partial charge in [0.15, 0.2) is 0 Å². The predicted octanol–water partition coefficient (Wildman–Crippen LogP) is 1.40. The second-order valence-electron chi connectivity index (χ2n) is 5.72. The summed E-state index contributed by atoms with van der Waals surface area (Å²) in [6.07, 6.45) is 4.52. The van der Waals surface area contributed by atoms with Gasteiger partial charge in [-0.15, -0.1) is 0 Å². The summed E-state index contributed by atoms with van der Waals surface area (Å²) in [5, 5.41) is 3.79. The second-order valence-corrected chi connectivity index (χ2v) is 5.72. The molecular formula is C14H21N3O2. The van der Waals surface area contributed by atoms with Crippen LogP contribution < -0.4 is 0 Å². The van der Waals surface area contributed by atoms with Gasteiger partial charge in [0.2, 0.25) is 0 Å². The summed E-state index contributed by atoms with van der Waals surface area (Å²) in [7, 11) is 2.15. The fourth-order valence-electron chi connectivity index (χ4n) is 3.35. The summed E-state index contributed by atoms with van der Waals surface area (Å²) in [5.41, 5.74) is 0.657. The number of hydrogen-bond acceptors (Lipinski definition) is 4. The van der Waals surface area contributed by atoms with Crippen LogP contribution in [-0.2, 0) is 6.42 Å². The largest absolute Gasteiger partial charge is 0.361 e. The van der Waals surface area contributed by atoms with Crippen LogP contribution in [0.25, 0.3) is 0 Å². The molecule has 104 valence electrons. The molecular weight excluding hydrogens is 242 g/mol. The van der Waals surface area contributed by atoms with E-state index in [9.17, 15) is 4.79 Å². The van der Waals surface area contributed by atoms with Crippen molar-refractivity contribution in [2.45, 2.75) is 32.2 Å². The van der Waals surface area contributed by atoms with Crippen molar-refractivity contribution >= 4 is 5.91 Å². The molecule has 1 aromatic rings. The standard InChI is InChI=1S/C14H21N3O2/c1-3-4-13-11(7-15-19-13)14(18)17-8-10-5-6-16(2)12(10)9-17/h7,10,12H,3-6,8-9H2,1-2H3/t10-,12+/m1/s1. The molecule has 3 rings (SSSR count). The minimum absolute atomic E-state index is 0.0903. The van der Waals surface area contributed by atoms with Crippen LogP contribution in [0, 0.1) is 5.92 Å². The fourth-order valence-corrected chi connectivity index (χ4v) is 3.35. The van der Waals surface area contributed by atoms with Crippen LogP contribution in [0.2, 0.25) is 0 Å². The number of fused-ring (bicyclic) bond motifs is 1. The molecule has 2 fully saturated rings. The number of aromatic nitrogens is 1. The molecule has 1 aromatic heterocycles. The van der Waals surface area contributed by atoms with Crippen molar-refractivity contribution in [2.24, 2.45) is 5.92 Å². The summed E-state index contributed by atoms with van der Waals surface area (Å²) in [6.45, 7) is 4.96. The first-order valence-electron chi connectivity index (χ1n) is 7.13. The van der Waals surface area contributed by atoms with Gasteiger partial charge in [-0.3, -0.25) is 4.79 Å². The molecule has 2 aliphatic rings. The topological polar surface area (TPSA) is 49.6 Å². The third kappa shape index (κ3) is 2.16. The van der Waals surface area contributed by atoms with Crippen molar-refractivity contribution in [3.05, 3.63) is 17.5 Å². The molecule has 0 aromatic carbocycles. The maximum absolute atomic E-state index is 12.5. The highest BCUT2D eigenvalue weighted by atomic mass is 16.5. The van der Waals surface area contributed by atoms with Crippen LogP contribution in [-0.4, -0.2) is 53.6 Å². The van der Waals surface area contributed by atoms with Gasteiger partial charge in [0.25, 0.3) is 5.91 Å². The summed E-state index contributed by atoms with van der Waals surface area (Å²) in [5.74, 6) is 1.47. The van der Waals surface area contributed by atoms with E-state index in [0.717, 1.165) is 38.2 Å². The van der Waals surface area contributed by atoms with Gasteiger partial charge in [-0.05, 0) is 32.4 Å². The van der Waals surface area contributed by atoms with E-state index in [1.54, 1.807) is 6.20 Å². The normalized spacial score (nSPS) is 26.9. The molecule has 0 bridgehead atoms. The number of rotatable bonds is 3. The lowest BCUT2D eigenvalue weighted by Gasteiger charge is -2.20. The minimum atomic E-state index is 0.0903. The molecule has 5 heteroatoms. The highest BCUT2D eigenvalue weighted by Crippen LogP contribution is 2.31. The molecule has 0 spiro atoms. The van der Waals surface area contributed by atoms with Crippen LogP contribution in [0.4, 0.5) is 0 Å². The number of nitrogens with zero attached hydrogens (tertiary/aromatic N) is 3. The molecule has 1 amide bonds. The summed E-state index contributed by atoms with van der Waals surface area (Å²) in [4.78, 5) is 16.9. The van der Waals surface area contributed by atoms with Crippen LogP contribution in [0.5, 0.6) is 0 Å². The lowest BCUT2D eigenvalue weighted by atomic mass is 10.1. The van der Waals surface area contributed by atoms with E-state index in [1.807, 2.05) is 4.90 Å². The highest BCUT2D eigenvalue weighted by molar-refractivity contribution is 5.95. The Bertz CT molecular complexity index is 471. The van der Waals surface area contributed by atoms with Crippen molar-refractivity contribution in [3.63, 3.8) is 0 Å². The number of carbonyl (C=O) groups is 1. The summed E-state index contributed by atoms with van der Waals surface area (Å²) < 4.78 is 5.19. The third-order valence-corrected chi connectivity index (χ3v) is 4.47. The number of likely N-dealkylation sites (N-methyl/N-ethyl adjacent to an activating group) is 1. The molecule has 0 unspecified atom stereocenters. The van der Waals surface area contributed by atoms with Gasteiger partial charge in [0, 0.05) is 25.6 Å². The van der Waals surface area contributed by atoms with Crippen molar-refractivity contribution in [2.75, 3.05) is 26.7 Å². The Hall–Kier alpha value is -1.36. The van der Waals surface area contributed by atoms with Crippen LogP contribution in [0.1, 0.15) is 35.9 Å². The van der Waals surface area contributed by atoms with E-state index in [-0.39, 0.29) is 5.91 Å². The van der Waals surface area contributed by atoms with E-state index in [4.69, 9.17) is 4.52 Å². The molecule has 0 saturated carbocycles. The summed E-state index contributed by atoms with van der Waals surface area (Å²) >= 11 is 0. The smallest absolute Gasteiger partial charge is 0.259 e. The Morgan fingerprint density at radius 2 is 2.37 bits per heavy atom. The number of hydrogen-bond donors (Lipinski definition) is 0. The summed E-state index contributed by atoms with van der Waals surface area (Å²) in [6, 6.07) is 0.540. The van der Waals surface area contributed by atoms with Crippen molar-refractivity contribution in [1.29, 1.82) is 0 Å². The van der Waals surface area contributed by atoms with Crippen LogP contribution in [0.15, 0.2) is 10.7 Å². The first kappa shape index (κ1) is 12.7. The second kappa shape index (κ2) is 4.96. The van der Waals surface area contributed by atoms with Gasteiger partial charge < -0.3 is 14.3 Å². The maximum Gasteiger partial charge on any atom is 0.259 e.